The summed E-state index contributed by atoms with van der Waals surface area (Å²) in [5, 5.41) is 0.205. The van der Waals surface area contributed by atoms with Crippen molar-refractivity contribution in [3.63, 3.8) is 0 Å². The van der Waals surface area contributed by atoms with Crippen molar-refractivity contribution in [1.29, 1.82) is 0 Å². The zero-order chi connectivity index (χ0) is 24.0. The maximum atomic E-state index is 13.8. The van der Waals surface area contributed by atoms with Crippen LogP contribution in [0.1, 0.15) is 17.7 Å². The largest absolute Gasteiger partial charge is 0.419 e. The van der Waals surface area contributed by atoms with Gasteiger partial charge in [0.2, 0.25) is 0 Å². The summed E-state index contributed by atoms with van der Waals surface area (Å²) < 4.78 is 81.6. The predicted molar refractivity (Wildman–Crippen MR) is 119 cm³/mol. The Bertz CT molecular complexity index is 1050. The zero-order valence-corrected chi connectivity index (χ0v) is 19.9. The van der Waals surface area contributed by atoms with E-state index < -0.39 is 38.8 Å². The van der Waals surface area contributed by atoms with Crippen molar-refractivity contribution >= 4 is 30.4 Å². The first kappa shape index (κ1) is 24.2. The summed E-state index contributed by atoms with van der Waals surface area (Å²) in [7, 11) is -1.32. The van der Waals surface area contributed by atoms with Gasteiger partial charge in [0, 0.05) is 32.0 Å². The number of anilines is 1. The van der Waals surface area contributed by atoms with Crippen LogP contribution in [-0.2, 0) is 22.4 Å². The molecule has 0 radical (unpaired) electrons. The molecule has 0 spiro atoms. The molecule has 0 saturated carbocycles. The summed E-state index contributed by atoms with van der Waals surface area (Å²) in [5.41, 5.74) is 0.648. The maximum absolute atomic E-state index is 13.8. The number of alkyl halides is 5. The molecule has 4 heterocycles. The first-order valence-corrected chi connectivity index (χ1v) is 14.6. The van der Waals surface area contributed by atoms with Crippen LogP contribution in [0.4, 0.5) is 27.6 Å². The molecule has 5 nitrogen and oxygen atoms in total. The number of hydrogen-bond donors (Lipinski definition) is 0. The van der Waals surface area contributed by atoms with Crippen molar-refractivity contribution in [1.82, 2.24) is 9.55 Å². The van der Waals surface area contributed by atoms with Crippen LogP contribution in [0.25, 0.3) is 16.6 Å². The van der Waals surface area contributed by atoms with Crippen molar-refractivity contribution in [2.24, 2.45) is 0 Å². The second-order valence-electron chi connectivity index (χ2n) is 9.83. The third-order valence-electron chi connectivity index (χ3n) is 5.87. The molecule has 2 aromatic heterocycles. The number of fused-ring (bicyclic) bond motifs is 1. The molecule has 0 aromatic carbocycles. The average molecular weight is 490 g/mol. The summed E-state index contributed by atoms with van der Waals surface area (Å²) >= 11 is 0. The van der Waals surface area contributed by atoms with Gasteiger partial charge in [0.15, 0.2) is 0 Å². The fraction of sp³-hybridized carbons (Fsp3) is 0.591. The lowest BCUT2D eigenvalue weighted by Gasteiger charge is -2.41. The average Bonchev–Trinajstić information content (AvgIpc) is 3.06. The zero-order valence-electron chi connectivity index (χ0n) is 18.9. The van der Waals surface area contributed by atoms with Crippen LogP contribution in [0.3, 0.4) is 0 Å². The van der Waals surface area contributed by atoms with E-state index in [9.17, 15) is 22.0 Å². The van der Waals surface area contributed by atoms with Crippen LogP contribution in [0.15, 0.2) is 18.3 Å². The van der Waals surface area contributed by atoms with Gasteiger partial charge in [0.05, 0.1) is 37.6 Å². The van der Waals surface area contributed by atoms with Gasteiger partial charge in [-0.3, -0.25) is 0 Å². The highest BCUT2D eigenvalue weighted by atomic mass is 28.3. The standard InChI is InChI=1S/C22H28F5N3O2Si/c1-33(2,3)9-8-32-14-30-18(15-4-6-31-7-5-15)10-16-19(29-12-21(23,24)13-29)17(22(25,26)27)11-28-20(16)30/h4,10-11H,5-9,12-14H2,1-3H3. The van der Waals surface area contributed by atoms with Crippen LogP contribution in [-0.4, -0.2) is 56.5 Å². The first-order chi connectivity index (χ1) is 15.4. The van der Waals surface area contributed by atoms with Crippen molar-refractivity contribution in [2.75, 3.05) is 37.8 Å². The number of ether oxygens (including phenoxy) is 2. The number of pyridine rings is 1. The van der Waals surface area contributed by atoms with Gasteiger partial charge in [-0.15, -0.1) is 0 Å². The van der Waals surface area contributed by atoms with E-state index in [4.69, 9.17) is 9.47 Å². The second kappa shape index (κ2) is 8.66. The van der Waals surface area contributed by atoms with E-state index in [0.29, 0.717) is 37.6 Å². The fourth-order valence-electron chi connectivity index (χ4n) is 4.09. The second-order valence-corrected chi connectivity index (χ2v) is 15.4. The summed E-state index contributed by atoms with van der Waals surface area (Å²) in [6.07, 6.45) is -1.49. The Morgan fingerprint density at radius 3 is 2.52 bits per heavy atom. The number of rotatable bonds is 7. The highest BCUT2D eigenvalue weighted by Gasteiger charge is 2.48. The molecule has 1 saturated heterocycles. The van der Waals surface area contributed by atoms with Crippen LogP contribution < -0.4 is 4.90 Å². The topological polar surface area (TPSA) is 39.5 Å². The Kier molecular flexibility index (Phi) is 6.34. The third-order valence-corrected chi connectivity index (χ3v) is 7.57. The lowest BCUT2D eigenvalue weighted by Crippen LogP contribution is -2.56. The van der Waals surface area contributed by atoms with Crippen LogP contribution >= 0.6 is 0 Å². The van der Waals surface area contributed by atoms with Crippen LogP contribution in [0.5, 0.6) is 0 Å². The Hall–Kier alpha value is -1.98. The molecule has 2 aromatic rings. The Balaban J connectivity index is 1.80. The molecule has 0 bridgehead atoms. The molecular formula is C22H28F5N3O2Si. The number of hydrogen-bond acceptors (Lipinski definition) is 4. The minimum atomic E-state index is -4.71. The van der Waals surface area contributed by atoms with E-state index in [1.165, 1.54) is 0 Å². The van der Waals surface area contributed by atoms with E-state index in [1.54, 1.807) is 10.6 Å². The van der Waals surface area contributed by atoms with Gasteiger partial charge >= 0.3 is 6.18 Å². The molecule has 0 atom stereocenters. The molecule has 2 aliphatic rings. The SMILES string of the molecule is C[Si](C)(C)CCOCn1c(C2=CCOCC2)cc2c(N3CC(F)(F)C3)c(C(F)(F)F)cnc21. The molecule has 2 aliphatic heterocycles. The maximum Gasteiger partial charge on any atom is 0.419 e. The smallest absolute Gasteiger partial charge is 0.377 e. The first-order valence-electron chi connectivity index (χ1n) is 10.9. The molecule has 11 heteroatoms. The van der Waals surface area contributed by atoms with Gasteiger partial charge in [-0.05, 0) is 24.1 Å². The van der Waals surface area contributed by atoms with Crippen molar-refractivity contribution in [3.8, 4) is 0 Å². The van der Waals surface area contributed by atoms with E-state index in [2.05, 4.69) is 24.6 Å². The Labute approximate surface area is 190 Å². The highest BCUT2D eigenvalue weighted by Crippen LogP contribution is 2.45. The molecule has 0 amide bonds. The highest BCUT2D eigenvalue weighted by molar-refractivity contribution is 6.76. The summed E-state index contributed by atoms with van der Waals surface area (Å²) in [6, 6.07) is 2.57. The summed E-state index contributed by atoms with van der Waals surface area (Å²) in [4.78, 5) is 5.22. The normalized spacial score (nSPS) is 19.0. The summed E-state index contributed by atoms with van der Waals surface area (Å²) in [6.45, 7) is 6.74. The van der Waals surface area contributed by atoms with E-state index in [-0.39, 0.29) is 17.8 Å². The van der Waals surface area contributed by atoms with E-state index in [1.807, 2.05) is 6.08 Å². The lowest BCUT2D eigenvalue weighted by atomic mass is 10.0. The van der Waals surface area contributed by atoms with Gasteiger partial charge in [0.25, 0.3) is 5.92 Å². The molecule has 1 fully saturated rings. The van der Waals surface area contributed by atoms with E-state index in [0.717, 1.165) is 22.7 Å². The molecular weight excluding hydrogens is 461 g/mol. The van der Waals surface area contributed by atoms with Crippen molar-refractivity contribution < 1.29 is 31.4 Å². The Morgan fingerprint density at radius 2 is 1.94 bits per heavy atom. The van der Waals surface area contributed by atoms with Gasteiger partial charge in [0.1, 0.15) is 12.4 Å². The number of aromatic nitrogens is 2. The molecule has 0 N–H and O–H groups in total. The van der Waals surface area contributed by atoms with Crippen molar-refractivity contribution in [3.05, 3.63) is 29.6 Å². The Morgan fingerprint density at radius 1 is 1.21 bits per heavy atom. The lowest BCUT2D eigenvalue weighted by molar-refractivity contribution is -0.137. The van der Waals surface area contributed by atoms with Crippen LogP contribution in [0.2, 0.25) is 25.7 Å². The van der Waals surface area contributed by atoms with Gasteiger partial charge in [-0.2, -0.15) is 13.2 Å². The molecule has 4 rings (SSSR count). The van der Waals surface area contributed by atoms with Gasteiger partial charge in [-0.1, -0.05) is 25.7 Å². The number of halogens is 5. The van der Waals surface area contributed by atoms with Gasteiger partial charge in [-0.25, -0.2) is 13.8 Å². The monoisotopic (exact) mass is 489 g/mol. The molecule has 0 unspecified atom stereocenters. The van der Waals surface area contributed by atoms with Gasteiger partial charge < -0.3 is 18.9 Å². The number of nitrogens with zero attached hydrogens (tertiary/aromatic N) is 3. The minimum absolute atomic E-state index is 0.121. The van der Waals surface area contributed by atoms with E-state index >= 15 is 0 Å². The molecule has 182 valence electrons. The summed E-state index contributed by atoms with van der Waals surface area (Å²) in [5.74, 6) is -3.01. The molecule has 0 aliphatic carbocycles. The predicted octanol–water partition coefficient (Wildman–Crippen LogP) is 5.63. The molecule has 33 heavy (non-hydrogen) atoms. The fourth-order valence-corrected chi connectivity index (χ4v) is 4.85. The third kappa shape index (κ3) is 5.25. The van der Waals surface area contributed by atoms with Crippen LogP contribution in [0, 0.1) is 0 Å². The van der Waals surface area contributed by atoms with Crippen molar-refractivity contribution in [2.45, 2.75) is 50.9 Å². The minimum Gasteiger partial charge on any atom is -0.377 e. The quantitative estimate of drug-likeness (QED) is 0.287.